The number of primary amides is 1. The Hall–Kier alpha value is -4.11. The molecule has 1 atom stereocenters. The maximum absolute atomic E-state index is 12.9. The summed E-state index contributed by atoms with van der Waals surface area (Å²) in [6, 6.07) is 19.3. The Morgan fingerprint density at radius 3 is 2.39 bits per heavy atom. The van der Waals surface area contributed by atoms with Crippen LogP contribution in [0.1, 0.15) is 21.7 Å². The predicted octanol–water partition coefficient (Wildman–Crippen LogP) is 2.70. The largest absolute Gasteiger partial charge is 0.363 e. The van der Waals surface area contributed by atoms with Gasteiger partial charge in [-0.15, -0.1) is 11.3 Å². The second kappa shape index (κ2) is 9.58. The molecule has 3 N–H and O–H groups in total. The molecule has 0 radical (unpaired) electrons. The summed E-state index contributed by atoms with van der Waals surface area (Å²) in [6.07, 6.45) is 0.140. The quantitative estimate of drug-likeness (QED) is 0.393. The molecule has 0 saturated carbocycles. The van der Waals surface area contributed by atoms with Crippen molar-refractivity contribution in [3.05, 3.63) is 89.1 Å². The molecule has 4 rings (SSSR count). The molecular formula is C24H21N5O3S. The predicted molar refractivity (Wildman–Crippen MR) is 125 cm³/mol. The van der Waals surface area contributed by atoms with Crippen LogP contribution < -0.4 is 11.1 Å². The van der Waals surface area contributed by atoms with E-state index in [2.05, 4.69) is 15.4 Å². The van der Waals surface area contributed by atoms with Gasteiger partial charge in [-0.05, 0) is 18.6 Å². The molecule has 0 bridgehead atoms. The summed E-state index contributed by atoms with van der Waals surface area (Å²) in [4.78, 5) is 41.3. The lowest BCUT2D eigenvalue weighted by Gasteiger charge is -2.15. The molecule has 0 unspecified atom stereocenters. The average Bonchev–Trinajstić information content (AvgIpc) is 3.46. The number of hydrogen-bond acceptors (Lipinski definition) is 6. The molecule has 0 aliphatic rings. The van der Waals surface area contributed by atoms with Gasteiger partial charge in [0.05, 0.1) is 5.69 Å². The van der Waals surface area contributed by atoms with Gasteiger partial charge in [0, 0.05) is 23.1 Å². The van der Waals surface area contributed by atoms with Crippen LogP contribution in [0.2, 0.25) is 0 Å². The normalized spacial score (nSPS) is 11.7. The van der Waals surface area contributed by atoms with Gasteiger partial charge >= 0.3 is 0 Å². The lowest BCUT2D eigenvalue weighted by atomic mass is 10.0. The third kappa shape index (κ3) is 5.04. The molecular weight excluding hydrogens is 438 g/mol. The fourth-order valence-corrected chi connectivity index (χ4v) is 4.19. The summed E-state index contributed by atoms with van der Waals surface area (Å²) in [5, 5.41) is 9.51. The molecule has 166 valence electrons. The van der Waals surface area contributed by atoms with E-state index in [9.17, 15) is 14.4 Å². The van der Waals surface area contributed by atoms with Crippen molar-refractivity contribution < 1.29 is 14.4 Å². The first-order valence-electron chi connectivity index (χ1n) is 10.2. The first-order valence-corrected chi connectivity index (χ1v) is 11.1. The molecule has 4 aromatic rings. The first-order chi connectivity index (χ1) is 15.9. The number of nitrogens with two attached hydrogens (primary N) is 1. The van der Waals surface area contributed by atoms with E-state index in [-0.39, 0.29) is 12.1 Å². The minimum Gasteiger partial charge on any atom is -0.363 e. The molecule has 2 heterocycles. The van der Waals surface area contributed by atoms with Crippen molar-refractivity contribution in [3.8, 4) is 16.4 Å². The van der Waals surface area contributed by atoms with Crippen LogP contribution in [0.25, 0.3) is 16.4 Å². The minimum absolute atomic E-state index is 0.110. The Kier molecular flexibility index (Phi) is 6.41. The molecule has 0 fully saturated rings. The van der Waals surface area contributed by atoms with Crippen molar-refractivity contribution in [2.75, 3.05) is 0 Å². The van der Waals surface area contributed by atoms with E-state index in [0.717, 1.165) is 16.8 Å². The second-order valence-electron chi connectivity index (χ2n) is 7.41. The zero-order valence-corrected chi connectivity index (χ0v) is 18.6. The van der Waals surface area contributed by atoms with Crippen molar-refractivity contribution in [3.63, 3.8) is 0 Å². The summed E-state index contributed by atoms with van der Waals surface area (Å²) >= 11 is 1.40. The van der Waals surface area contributed by atoms with Gasteiger partial charge in [0.2, 0.25) is 10.9 Å². The van der Waals surface area contributed by atoms with Crippen LogP contribution in [0, 0.1) is 6.92 Å². The highest BCUT2D eigenvalue weighted by Crippen LogP contribution is 2.24. The fourth-order valence-electron chi connectivity index (χ4n) is 3.35. The van der Waals surface area contributed by atoms with Crippen LogP contribution in [-0.2, 0) is 16.0 Å². The monoisotopic (exact) mass is 459 g/mol. The minimum atomic E-state index is -1.10. The number of aryl methyl sites for hydroxylation is 1. The summed E-state index contributed by atoms with van der Waals surface area (Å²) in [6.45, 7) is 1.81. The number of benzene rings is 2. The number of rotatable bonds is 8. The Bertz CT molecular complexity index is 1300. The molecule has 0 spiro atoms. The zero-order valence-electron chi connectivity index (χ0n) is 17.8. The van der Waals surface area contributed by atoms with E-state index in [4.69, 9.17) is 5.73 Å². The highest BCUT2D eigenvalue weighted by Gasteiger charge is 2.27. The summed E-state index contributed by atoms with van der Waals surface area (Å²) in [5.41, 5.74) is 8.59. The van der Waals surface area contributed by atoms with E-state index >= 15 is 0 Å². The number of carbonyl (C=O) groups excluding carboxylic acids is 3. The topological polar surface area (TPSA) is 120 Å². The van der Waals surface area contributed by atoms with Crippen LogP contribution in [0.5, 0.6) is 0 Å². The van der Waals surface area contributed by atoms with Crippen molar-refractivity contribution >= 4 is 28.9 Å². The Morgan fingerprint density at radius 2 is 1.73 bits per heavy atom. The van der Waals surface area contributed by atoms with Gasteiger partial charge in [0.25, 0.3) is 11.8 Å². The molecule has 8 nitrogen and oxygen atoms in total. The van der Waals surface area contributed by atoms with E-state index in [1.54, 1.807) is 22.9 Å². The van der Waals surface area contributed by atoms with Crippen molar-refractivity contribution in [1.29, 1.82) is 0 Å². The Morgan fingerprint density at radius 1 is 1.06 bits per heavy atom. The molecule has 2 aromatic heterocycles. The van der Waals surface area contributed by atoms with Crippen molar-refractivity contribution in [2.45, 2.75) is 19.4 Å². The van der Waals surface area contributed by atoms with Gasteiger partial charge in [-0.25, -0.2) is 9.67 Å². The van der Waals surface area contributed by atoms with Crippen LogP contribution >= 0.6 is 11.3 Å². The van der Waals surface area contributed by atoms with E-state index < -0.39 is 23.6 Å². The summed E-state index contributed by atoms with van der Waals surface area (Å²) in [7, 11) is 0. The van der Waals surface area contributed by atoms with E-state index in [0.29, 0.717) is 10.8 Å². The van der Waals surface area contributed by atoms with E-state index in [1.165, 1.54) is 11.3 Å². The summed E-state index contributed by atoms with van der Waals surface area (Å²) in [5.74, 6) is -2.54. The second-order valence-corrected chi connectivity index (χ2v) is 8.24. The number of amides is 2. The molecule has 0 aliphatic carbocycles. The summed E-state index contributed by atoms with van der Waals surface area (Å²) < 4.78 is 1.58. The number of Topliss-reactive ketones (excluding diaryl/α,β-unsaturated/α-hetero) is 1. The first kappa shape index (κ1) is 22.1. The maximum Gasteiger partial charge on any atom is 0.287 e. The Balaban J connectivity index is 1.55. The number of thiazole rings is 1. The average molecular weight is 460 g/mol. The maximum atomic E-state index is 12.9. The Labute approximate surface area is 194 Å². The number of carbonyl (C=O) groups is 3. The highest BCUT2D eigenvalue weighted by atomic mass is 32.1. The number of nitrogens with one attached hydrogen (secondary N) is 1. The van der Waals surface area contributed by atoms with Crippen molar-refractivity contribution in [2.24, 2.45) is 5.73 Å². The standard InChI is InChI=1S/C24H21N5O3S/c1-15-12-19(28-29(15)24-27-20(14-33-24)17-10-6-3-7-11-17)23(32)26-18(21(30)22(25)31)13-16-8-4-2-5-9-16/h2-12,14,18H,13H2,1H3,(H2,25,31)(H,26,32)/t18-/m0/s1. The molecule has 9 heteroatoms. The molecule has 0 aliphatic heterocycles. The molecule has 2 amide bonds. The molecule has 2 aromatic carbocycles. The van der Waals surface area contributed by atoms with Gasteiger partial charge in [0.15, 0.2) is 5.69 Å². The van der Waals surface area contributed by atoms with Gasteiger partial charge in [0.1, 0.15) is 6.04 Å². The van der Waals surface area contributed by atoms with Gasteiger partial charge < -0.3 is 11.1 Å². The highest BCUT2D eigenvalue weighted by molar-refractivity contribution is 7.12. The van der Waals surface area contributed by atoms with Crippen LogP contribution in [-0.4, -0.2) is 38.4 Å². The molecule has 0 saturated heterocycles. The number of hydrogen-bond donors (Lipinski definition) is 2. The number of nitrogens with zero attached hydrogens (tertiary/aromatic N) is 3. The third-order valence-corrected chi connectivity index (χ3v) is 5.83. The lowest BCUT2D eigenvalue weighted by Crippen LogP contribution is -2.47. The number of aromatic nitrogens is 3. The van der Waals surface area contributed by atoms with Crippen LogP contribution in [0.4, 0.5) is 0 Å². The van der Waals surface area contributed by atoms with Gasteiger partial charge in [-0.3, -0.25) is 14.4 Å². The smallest absolute Gasteiger partial charge is 0.287 e. The third-order valence-electron chi connectivity index (χ3n) is 5.01. The SMILES string of the molecule is Cc1cc(C(=O)N[C@@H](Cc2ccccc2)C(=O)C(N)=O)nn1-c1nc(-c2ccccc2)cs1. The number of ketones is 1. The molecule has 33 heavy (non-hydrogen) atoms. The van der Waals surface area contributed by atoms with Gasteiger partial charge in [-0.2, -0.15) is 5.10 Å². The zero-order chi connectivity index (χ0) is 23.4. The van der Waals surface area contributed by atoms with Gasteiger partial charge in [-0.1, -0.05) is 60.7 Å². The fraction of sp³-hybridized carbons (Fsp3) is 0.125. The van der Waals surface area contributed by atoms with E-state index in [1.807, 2.05) is 60.8 Å². The van der Waals surface area contributed by atoms with Crippen molar-refractivity contribution in [1.82, 2.24) is 20.1 Å². The lowest BCUT2D eigenvalue weighted by molar-refractivity contribution is -0.137. The van der Waals surface area contributed by atoms with Crippen LogP contribution in [0.3, 0.4) is 0 Å². The van der Waals surface area contributed by atoms with Crippen LogP contribution in [0.15, 0.2) is 72.1 Å².